The number of nitrogens with one attached hydrogen (secondary N) is 2. The smallest absolute Gasteiger partial charge is 0.214 e. The lowest BCUT2D eigenvalue weighted by Gasteiger charge is -2.16. The number of ether oxygens (including phenoxy) is 2. The molecule has 0 bridgehead atoms. The molecule has 0 amide bonds. The number of hydrogen-bond donors (Lipinski definition) is 2. The fourth-order valence-electron chi connectivity index (χ4n) is 2.76. The molecular weight excluding hydrogens is 431 g/mol. The van der Waals surface area contributed by atoms with Gasteiger partial charge >= 0.3 is 0 Å². The van der Waals surface area contributed by atoms with Crippen molar-refractivity contribution in [3.63, 3.8) is 0 Å². The maximum absolute atomic E-state index is 6.51. The second kappa shape index (κ2) is 10.0. The van der Waals surface area contributed by atoms with E-state index in [0.29, 0.717) is 46.1 Å². The first-order valence-electron chi connectivity index (χ1n) is 9.24. The zero-order valence-corrected chi connectivity index (χ0v) is 18.5. The van der Waals surface area contributed by atoms with Gasteiger partial charge in [-0.05, 0) is 54.5 Å². The van der Waals surface area contributed by atoms with Crippen LogP contribution in [-0.4, -0.2) is 21.5 Å². The zero-order valence-electron chi connectivity index (χ0n) is 16.2. The van der Waals surface area contributed by atoms with Crippen LogP contribution in [0.5, 0.6) is 11.5 Å². The minimum atomic E-state index is 0.360. The average molecular weight is 453 g/mol. The first-order chi connectivity index (χ1) is 14.0. The molecule has 3 aromatic rings. The van der Waals surface area contributed by atoms with Crippen LogP contribution in [0.15, 0.2) is 36.4 Å². The Morgan fingerprint density at radius 2 is 1.86 bits per heavy atom. The quantitative estimate of drug-likeness (QED) is 0.417. The Kier molecular flexibility index (Phi) is 7.41. The second-order valence-corrected chi connectivity index (χ2v) is 7.45. The van der Waals surface area contributed by atoms with Crippen LogP contribution < -0.4 is 14.9 Å². The third-order valence-electron chi connectivity index (χ3n) is 4.16. The van der Waals surface area contributed by atoms with Gasteiger partial charge in [0.2, 0.25) is 4.77 Å². The Morgan fingerprint density at radius 1 is 1.10 bits per heavy atom. The molecule has 2 N–H and O–H groups in total. The van der Waals surface area contributed by atoms with Gasteiger partial charge < -0.3 is 14.9 Å². The van der Waals surface area contributed by atoms with Gasteiger partial charge in [-0.25, -0.2) is 4.68 Å². The summed E-state index contributed by atoms with van der Waals surface area (Å²) in [6.07, 6.45) is 0.753. The summed E-state index contributed by atoms with van der Waals surface area (Å²) in [6, 6.07) is 11.2. The van der Waals surface area contributed by atoms with Crippen molar-refractivity contribution in [1.29, 1.82) is 0 Å². The monoisotopic (exact) mass is 452 g/mol. The van der Waals surface area contributed by atoms with Gasteiger partial charge in [0.05, 0.1) is 18.2 Å². The molecule has 9 heteroatoms. The summed E-state index contributed by atoms with van der Waals surface area (Å²) in [4.78, 5) is 0. The summed E-state index contributed by atoms with van der Waals surface area (Å²) in [5.41, 5.74) is 5.18. The van der Waals surface area contributed by atoms with E-state index in [1.165, 1.54) is 0 Å². The number of aromatic nitrogens is 3. The fraction of sp³-hybridized carbons (Fsp3) is 0.300. The Hall–Kier alpha value is -2.22. The van der Waals surface area contributed by atoms with Crippen LogP contribution in [0.3, 0.4) is 0 Å². The van der Waals surface area contributed by atoms with Crippen molar-refractivity contribution in [1.82, 2.24) is 14.9 Å². The molecule has 0 spiro atoms. The van der Waals surface area contributed by atoms with E-state index < -0.39 is 0 Å². The van der Waals surface area contributed by atoms with E-state index in [9.17, 15) is 0 Å². The second-order valence-electron chi connectivity index (χ2n) is 6.22. The summed E-state index contributed by atoms with van der Waals surface area (Å²) in [5.74, 6) is 1.94. The molecule has 6 nitrogen and oxygen atoms in total. The molecule has 0 aliphatic heterocycles. The SMILES string of the molecule is CCOc1cc(CNn2c(CC)n[nH]c2=S)cc(Cl)c1OCc1ccc(Cl)cc1. The van der Waals surface area contributed by atoms with Crippen molar-refractivity contribution in [2.45, 2.75) is 33.4 Å². The van der Waals surface area contributed by atoms with E-state index in [4.69, 9.17) is 44.9 Å². The van der Waals surface area contributed by atoms with Gasteiger partial charge in [0.15, 0.2) is 17.3 Å². The van der Waals surface area contributed by atoms with E-state index in [0.717, 1.165) is 23.4 Å². The largest absolute Gasteiger partial charge is 0.490 e. The Balaban J connectivity index is 1.77. The highest BCUT2D eigenvalue weighted by molar-refractivity contribution is 7.71. The predicted molar refractivity (Wildman–Crippen MR) is 118 cm³/mol. The standard InChI is InChI=1S/C20H22Cl2N4O2S/c1-3-18-24-25-20(29)26(18)23-11-14-9-16(22)19(17(10-14)27-4-2)28-12-13-5-7-15(21)8-6-13/h5-10,23H,3-4,11-12H2,1-2H3,(H,25,29). The number of aromatic amines is 1. The minimum Gasteiger partial charge on any atom is -0.490 e. The third-order valence-corrected chi connectivity index (χ3v) is 4.97. The molecule has 2 aromatic carbocycles. The first kappa shape index (κ1) is 21.5. The normalized spacial score (nSPS) is 10.8. The molecule has 0 saturated carbocycles. The maximum Gasteiger partial charge on any atom is 0.214 e. The molecule has 0 fully saturated rings. The van der Waals surface area contributed by atoms with Crippen LogP contribution >= 0.6 is 35.4 Å². The van der Waals surface area contributed by atoms with Crippen molar-refractivity contribution in [3.8, 4) is 11.5 Å². The molecule has 0 aliphatic carbocycles. The summed E-state index contributed by atoms with van der Waals surface area (Å²) in [5, 5.41) is 8.14. The summed E-state index contributed by atoms with van der Waals surface area (Å²) < 4.78 is 14.0. The van der Waals surface area contributed by atoms with Crippen molar-refractivity contribution >= 4 is 35.4 Å². The van der Waals surface area contributed by atoms with E-state index in [2.05, 4.69) is 15.6 Å². The molecule has 3 rings (SSSR count). The van der Waals surface area contributed by atoms with E-state index in [1.54, 1.807) is 4.68 Å². The topological polar surface area (TPSA) is 64.1 Å². The molecular formula is C20H22Cl2N4O2S. The highest BCUT2D eigenvalue weighted by Gasteiger charge is 2.14. The molecule has 1 aromatic heterocycles. The van der Waals surface area contributed by atoms with Crippen LogP contribution in [0, 0.1) is 4.77 Å². The van der Waals surface area contributed by atoms with Gasteiger partial charge in [0, 0.05) is 11.4 Å². The number of nitrogens with zero attached hydrogens (tertiary/aromatic N) is 2. The van der Waals surface area contributed by atoms with Gasteiger partial charge in [0.25, 0.3) is 0 Å². The highest BCUT2D eigenvalue weighted by Crippen LogP contribution is 2.37. The van der Waals surface area contributed by atoms with E-state index >= 15 is 0 Å². The number of rotatable bonds is 9. The van der Waals surface area contributed by atoms with Crippen LogP contribution in [0.1, 0.15) is 30.8 Å². The van der Waals surface area contributed by atoms with Crippen molar-refractivity contribution in [2.75, 3.05) is 12.0 Å². The Labute approximate surface area is 184 Å². The lowest BCUT2D eigenvalue weighted by molar-refractivity contribution is 0.269. The van der Waals surface area contributed by atoms with Gasteiger partial charge in [-0.1, -0.05) is 42.3 Å². The molecule has 0 atom stereocenters. The lowest BCUT2D eigenvalue weighted by atomic mass is 10.2. The van der Waals surface area contributed by atoms with E-state index in [-0.39, 0.29) is 0 Å². The van der Waals surface area contributed by atoms with Crippen LogP contribution in [0.4, 0.5) is 0 Å². The van der Waals surface area contributed by atoms with Gasteiger partial charge in [-0.3, -0.25) is 5.10 Å². The molecule has 0 unspecified atom stereocenters. The molecule has 0 radical (unpaired) electrons. The Morgan fingerprint density at radius 3 is 2.55 bits per heavy atom. The fourth-order valence-corrected chi connectivity index (χ4v) is 3.39. The number of H-pyrrole nitrogens is 1. The molecule has 0 saturated heterocycles. The van der Waals surface area contributed by atoms with Crippen molar-refractivity contribution in [2.24, 2.45) is 0 Å². The van der Waals surface area contributed by atoms with Crippen molar-refractivity contribution in [3.05, 3.63) is 68.2 Å². The first-order valence-corrected chi connectivity index (χ1v) is 10.4. The highest BCUT2D eigenvalue weighted by atomic mass is 35.5. The van der Waals surface area contributed by atoms with E-state index in [1.807, 2.05) is 50.2 Å². The van der Waals surface area contributed by atoms with Gasteiger partial charge in [-0.2, -0.15) is 5.10 Å². The Bertz CT molecular complexity index is 1020. The minimum absolute atomic E-state index is 0.360. The van der Waals surface area contributed by atoms with Crippen molar-refractivity contribution < 1.29 is 9.47 Å². The lowest BCUT2D eigenvalue weighted by Crippen LogP contribution is -2.17. The maximum atomic E-state index is 6.51. The average Bonchev–Trinajstić information content (AvgIpc) is 3.07. The number of benzene rings is 2. The van der Waals surface area contributed by atoms with Crippen LogP contribution in [0.25, 0.3) is 0 Å². The summed E-state index contributed by atoms with van der Waals surface area (Å²) in [7, 11) is 0. The third kappa shape index (κ3) is 5.44. The molecule has 154 valence electrons. The van der Waals surface area contributed by atoms with Gasteiger partial charge in [-0.15, -0.1) is 0 Å². The number of hydrogen-bond acceptors (Lipinski definition) is 5. The molecule has 0 aliphatic rings. The van der Waals surface area contributed by atoms with Crippen LogP contribution in [-0.2, 0) is 19.6 Å². The number of aryl methyl sites for hydroxylation is 1. The summed E-state index contributed by atoms with van der Waals surface area (Å²) >= 11 is 17.7. The predicted octanol–water partition coefficient (Wildman–Crippen LogP) is 5.53. The zero-order chi connectivity index (χ0) is 20.8. The van der Waals surface area contributed by atoms with Crippen LogP contribution in [0.2, 0.25) is 10.0 Å². The molecule has 1 heterocycles. The number of halogens is 2. The van der Waals surface area contributed by atoms with Gasteiger partial charge in [0.1, 0.15) is 6.61 Å². The molecule has 29 heavy (non-hydrogen) atoms. The summed E-state index contributed by atoms with van der Waals surface area (Å²) in [6.45, 7) is 5.29.